The van der Waals surface area contributed by atoms with Gasteiger partial charge < -0.3 is 20.1 Å². The highest BCUT2D eigenvalue weighted by Gasteiger charge is 2.10. The number of benzene rings is 3. The minimum Gasteiger partial charge on any atom is -0.493 e. The average molecular weight is 425 g/mol. The molecule has 0 aliphatic carbocycles. The number of anilines is 2. The van der Waals surface area contributed by atoms with Gasteiger partial charge in [-0.2, -0.15) is 0 Å². The van der Waals surface area contributed by atoms with Crippen LogP contribution in [0.1, 0.15) is 16.7 Å². The number of ether oxygens (including phenoxy) is 2. The summed E-state index contributed by atoms with van der Waals surface area (Å²) in [4.78, 5) is 12.3. The number of carbonyl (C=O) groups is 1. The fraction of sp³-hybridized carbons (Fsp3) is 0.208. The molecule has 6 heteroatoms. The molecule has 0 atom stereocenters. The number of nitrogens with one attached hydrogen (secondary N) is 2. The molecule has 0 radical (unpaired) electrons. The van der Waals surface area contributed by atoms with Crippen LogP contribution < -0.4 is 20.1 Å². The Morgan fingerprint density at radius 3 is 2.47 bits per heavy atom. The van der Waals surface area contributed by atoms with E-state index in [0.717, 1.165) is 28.1 Å². The van der Waals surface area contributed by atoms with Gasteiger partial charge in [-0.15, -0.1) is 0 Å². The van der Waals surface area contributed by atoms with Crippen LogP contribution in [0.15, 0.2) is 60.7 Å². The van der Waals surface area contributed by atoms with Gasteiger partial charge in [0.05, 0.1) is 7.11 Å². The van der Waals surface area contributed by atoms with E-state index in [4.69, 9.17) is 21.1 Å². The van der Waals surface area contributed by atoms with E-state index in [1.807, 2.05) is 74.5 Å². The van der Waals surface area contributed by atoms with E-state index < -0.39 is 0 Å². The first-order valence-corrected chi connectivity index (χ1v) is 9.98. The minimum atomic E-state index is -0.223. The fourth-order valence-corrected chi connectivity index (χ4v) is 3.04. The van der Waals surface area contributed by atoms with Crippen molar-refractivity contribution in [2.24, 2.45) is 0 Å². The maximum absolute atomic E-state index is 12.3. The highest BCUT2D eigenvalue weighted by Crippen LogP contribution is 2.28. The Hall–Kier alpha value is -3.18. The van der Waals surface area contributed by atoms with Crippen LogP contribution >= 0.6 is 11.6 Å². The number of hydrogen-bond donors (Lipinski definition) is 2. The zero-order valence-electron chi connectivity index (χ0n) is 17.3. The van der Waals surface area contributed by atoms with Crippen molar-refractivity contribution in [1.82, 2.24) is 0 Å². The molecule has 0 aliphatic heterocycles. The van der Waals surface area contributed by atoms with E-state index in [0.29, 0.717) is 23.1 Å². The van der Waals surface area contributed by atoms with Crippen molar-refractivity contribution < 1.29 is 14.3 Å². The lowest BCUT2D eigenvalue weighted by molar-refractivity contribution is -0.118. The van der Waals surface area contributed by atoms with Gasteiger partial charge >= 0.3 is 0 Å². The summed E-state index contributed by atoms with van der Waals surface area (Å²) in [7, 11) is 1.58. The topological polar surface area (TPSA) is 59.6 Å². The third-order valence-corrected chi connectivity index (χ3v) is 4.85. The third kappa shape index (κ3) is 5.91. The smallest absolute Gasteiger partial charge is 0.262 e. The van der Waals surface area contributed by atoms with Crippen molar-refractivity contribution >= 4 is 28.9 Å². The summed E-state index contributed by atoms with van der Waals surface area (Å²) < 4.78 is 11.1. The summed E-state index contributed by atoms with van der Waals surface area (Å²) in [6.07, 6.45) is 0. The molecule has 156 valence electrons. The zero-order valence-corrected chi connectivity index (χ0v) is 18.0. The van der Waals surface area contributed by atoms with Crippen molar-refractivity contribution in [3.05, 3.63) is 82.4 Å². The lowest BCUT2D eigenvalue weighted by Gasteiger charge is -2.14. The molecule has 2 N–H and O–H groups in total. The van der Waals surface area contributed by atoms with Crippen LogP contribution in [0.3, 0.4) is 0 Å². The van der Waals surface area contributed by atoms with E-state index >= 15 is 0 Å². The van der Waals surface area contributed by atoms with Crippen molar-refractivity contribution in [2.75, 3.05) is 24.4 Å². The molecule has 3 rings (SSSR count). The summed E-state index contributed by atoms with van der Waals surface area (Å²) in [5, 5.41) is 6.91. The first-order valence-electron chi connectivity index (χ1n) is 9.61. The average Bonchev–Trinajstić information content (AvgIpc) is 2.74. The summed E-state index contributed by atoms with van der Waals surface area (Å²) in [6, 6.07) is 19.1. The number of hydrogen-bond acceptors (Lipinski definition) is 4. The number of aryl methyl sites for hydroxylation is 2. The second-order valence-electron chi connectivity index (χ2n) is 7.00. The Morgan fingerprint density at radius 2 is 1.73 bits per heavy atom. The highest BCUT2D eigenvalue weighted by atomic mass is 35.5. The van der Waals surface area contributed by atoms with Gasteiger partial charge in [0.15, 0.2) is 18.1 Å². The maximum Gasteiger partial charge on any atom is 0.262 e. The van der Waals surface area contributed by atoms with Crippen molar-refractivity contribution in [3.63, 3.8) is 0 Å². The molecule has 0 bridgehead atoms. The van der Waals surface area contributed by atoms with Gasteiger partial charge in [0.25, 0.3) is 5.91 Å². The predicted octanol–water partition coefficient (Wildman–Crippen LogP) is 5.60. The Bertz CT molecular complexity index is 1020. The van der Waals surface area contributed by atoms with Crippen LogP contribution in [0, 0.1) is 13.8 Å². The van der Waals surface area contributed by atoms with Gasteiger partial charge in [-0.1, -0.05) is 29.8 Å². The molecular weight excluding hydrogens is 400 g/mol. The van der Waals surface area contributed by atoms with Gasteiger partial charge in [0.2, 0.25) is 0 Å². The molecule has 3 aromatic carbocycles. The molecule has 0 saturated carbocycles. The molecule has 3 aromatic rings. The first kappa shape index (κ1) is 21.5. The molecule has 0 spiro atoms. The third-order valence-electron chi connectivity index (χ3n) is 4.59. The molecule has 0 aliphatic rings. The van der Waals surface area contributed by atoms with Gasteiger partial charge in [-0.25, -0.2) is 0 Å². The maximum atomic E-state index is 12.3. The van der Waals surface area contributed by atoms with Crippen LogP contribution in [0.5, 0.6) is 11.5 Å². The lowest BCUT2D eigenvalue weighted by Crippen LogP contribution is -2.21. The monoisotopic (exact) mass is 424 g/mol. The largest absolute Gasteiger partial charge is 0.493 e. The number of carbonyl (C=O) groups excluding carboxylic acids is 1. The summed E-state index contributed by atoms with van der Waals surface area (Å²) in [5.74, 6) is 0.869. The van der Waals surface area contributed by atoms with Gasteiger partial charge in [0.1, 0.15) is 0 Å². The number of rotatable bonds is 8. The predicted molar refractivity (Wildman–Crippen MR) is 122 cm³/mol. The molecule has 0 saturated heterocycles. The second-order valence-corrected chi connectivity index (χ2v) is 7.44. The van der Waals surface area contributed by atoms with E-state index in [-0.39, 0.29) is 12.5 Å². The van der Waals surface area contributed by atoms with E-state index in [9.17, 15) is 4.79 Å². The van der Waals surface area contributed by atoms with E-state index in [1.165, 1.54) is 0 Å². The van der Waals surface area contributed by atoms with Crippen LogP contribution in [-0.4, -0.2) is 19.6 Å². The molecule has 0 heterocycles. The van der Waals surface area contributed by atoms with Crippen molar-refractivity contribution in [2.45, 2.75) is 20.4 Å². The van der Waals surface area contributed by atoms with Gasteiger partial charge in [0, 0.05) is 22.9 Å². The van der Waals surface area contributed by atoms with Crippen LogP contribution in [0.25, 0.3) is 0 Å². The summed E-state index contributed by atoms with van der Waals surface area (Å²) >= 11 is 5.91. The summed E-state index contributed by atoms with van der Waals surface area (Å²) in [6.45, 7) is 4.45. The molecule has 0 aromatic heterocycles. The Labute approximate surface area is 182 Å². The molecule has 1 amide bonds. The first-order chi connectivity index (χ1) is 14.4. The minimum absolute atomic E-state index is 0.105. The van der Waals surface area contributed by atoms with Crippen LogP contribution in [0.2, 0.25) is 5.02 Å². The van der Waals surface area contributed by atoms with Gasteiger partial charge in [-0.05, 0) is 73.0 Å². The Morgan fingerprint density at radius 1 is 0.967 bits per heavy atom. The quantitative estimate of drug-likeness (QED) is 0.494. The van der Waals surface area contributed by atoms with E-state index in [2.05, 4.69) is 10.6 Å². The molecule has 30 heavy (non-hydrogen) atoms. The highest BCUT2D eigenvalue weighted by molar-refractivity contribution is 6.30. The molecule has 0 fully saturated rings. The second kappa shape index (κ2) is 10.0. The lowest BCUT2D eigenvalue weighted by atomic mass is 10.1. The molecule has 5 nitrogen and oxygen atoms in total. The Kier molecular flexibility index (Phi) is 7.20. The van der Waals surface area contributed by atoms with Crippen LogP contribution in [-0.2, 0) is 11.3 Å². The molecule has 0 unspecified atom stereocenters. The van der Waals surface area contributed by atoms with Gasteiger partial charge in [-0.3, -0.25) is 4.79 Å². The summed E-state index contributed by atoms with van der Waals surface area (Å²) in [5.41, 5.74) is 4.88. The normalized spacial score (nSPS) is 10.4. The fourth-order valence-electron chi connectivity index (χ4n) is 2.91. The molecular formula is C24H25ClN2O3. The van der Waals surface area contributed by atoms with Crippen molar-refractivity contribution in [1.29, 1.82) is 0 Å². The Balaban J connectivity index is 1.58. The van der Waals surface area contributed by atoms with Crippen LogP contribution in [0.4, 0.5) is 11.4 Å². The van der Waals surface area contributed by atoms with Crippen molar-refractivity contribution in [3.8, 4) is 11.5 Å². The zero-order chi connectivity index (χ0) is 21.5. The SMILES string of the molecule is COc1cc(CNc2ccc(Cl)cc2)ccc1OCC(=O)Nc1cc(C)ccc1C. The number of halogens is 1. The standard InChI is InChI=1S/C24H25ClN2O3/c1-16-4-5-17(2)21(12-16)27-24(28)15-30-22-11-6-18(13-23(22)29-3)14-26-20-9-7-19(25)8-10-20/h4-13,26H,14-15H2,1-3H3,(H,27,28). The number of methoxy groups -OCH3 is 1. The number of amides is 1. The van der Waals surface area contributed by atoms with E-state index in [1.54, 1.807) is 7.11 Å².